The van der Waals surface area contributed by atoms with Gasteiger partial charge in [-0.25, -0.2) is 9.78 Å². The molecule has 36 heavy (non-hydrogen) atoms. The van der Waals surface area contributed by atoms with Crippen molar-refractivity contribution in [2.75, 3.05) is 12.4 Å². The predicted octanol–water partition coefficient (Wildman–Crippen LogP) is 5.73. The van der Waals surface area contributed by atoms with Gasteiger partial charge in [-0.3, -0.25) is 0 Å². The number of hydrogen-bond donors (Lipinski definition) is 2. The second-order valence-corrected chi connectivity index (χ2v) is 9.31. The summed E-state index contributed by atoms with van der Waals surface area (Å²) >= 11 is 1.29. The van der Waals surface area contributed by atoms with E-state index in [1.807, 2.05) is 54.6 Å². The fourth-order valence-electron chi connectivity index (χ4n) is 3.77. The molecule has 1 aromatic heterocycles. The number of methoxy groups -OCH3 is 1. The highest BCUT2D eigenvalue weighted by Gasteiger charge is 2.37. The first kappa shape index (κ1) is 25.1. The lowest BCUT2D eigenvalue weighted by Crippen LogP contribution is -2.38. The van der Waals surface area contributed by atoms with E-state index in [-0.39, 0.29) is 11.4 Å². The quantitative estimate of drug-likeness (QED) is 0.125. The zero-order chi connectivity index (χ0) is 25.6. The van der Waals surface area contributed by atoms with Crippen molar-refractivity contribution in [2.45, 2.75) is 25.2 Å². The van der Waals surface area contributed by atoms with Crippen LogP contribution in [0, 0.1) is 0 Å². The predicted molar refractivity (Wildman–Crippen MR) is 141 cm³/mol. The Morgan fingerprint density at radius 2 is 1.36 bits per heavy atom. The number of carbonyl (C=O) groups is 1. The van der Waals surface area contributed by atoms with Crippen molar-refractivity contribution in [3.05, 3.63) is 119 Å². The molecule has 1 heterocycles. The van der Waals surface area contributed by atoms with Crippen LogP contribution in [0.25, 0.3) is 0 Å². The molecule has 0 saturated heterocycles. The third kappa shape index (κ3) is 5.30. The monoisotopic (exact) mass is 501 g/mol. The largest absolute Gasteiger partial charge is 0.476 e. The minimum atomic E-state index is -1.25. The summed E-state index contributed by atoms with van der Waals surface area (Å²) in [6.45, 7) is 3.27. The molecule has 0 fully saturated rings. The molecule has 0 aliphatic heterocycles. The summed E-state index contributed by atoms with van der Waals surface area (Å²) in [6.07, 6.45) is 0. The second-order valence-electron chi connectivity index (χ2n) is 8.45. The van der Waals surface area contributed by atoms with E-state index in [1.54, 1.807) is 19.2 Å². The molecule has 0 amide bonds. The molecule has 4 rings (SSSR count). The number of hydrogen-bond acceptors (Lipinski definition) is 7. The molecule has 0 spiro atoms. The zero-order valence-electron chi connectivity index (χ0n) is 20.2. The van der Waals surface area contributed by atoms with Gasteiger partial charge < -0.3 is 20.0 Å². The number of benzene rings is 3. The normalized spacial score (nSPS) is 12.2. The Morgan fingerprint density at radius 3 is 1.78 bits per heavy atom. The summed E-state index contributed by atoms with van der Waals surface area (Å²) in [7, 11) is 1.46. The summed E-state index contributed by atoms with van der Waals surface area (Å²) < 4.78 is 5.17. The summed E-state index contributed by atoms with van der Waals surface area (Å²) in [5.74, 6) is -2.33. The number of oxime groups is 1. The van der Waals surface area contributed by atoms with Crippen LogP contribution in [0.3, 0.4) is 0 Å². The SMILES string of the molecule is COC(C)(C)O/N=C(\C(=O)O)c1csc(NC(c2ccccc2)(c2ccccc2)c2ccccc2)n1. The van der Waals surface area contributed by atoms with E-state index in [9.17, 15) is 9.90 Å². The van der Waals surface area contributed by atoms with Gasteiger partial charge in [0, 0.05) is 26.3 Å². The summed E-state index contributed by atoms with van der Waals surface area (Å²) in [6, 6.07) is 30.3. The molecule has 2 N–H and O–H groups in total. The first-order valence-corrected chi connectivity index (χ1v) is 12.2. The van der Waals surface area contributed by atoms with E-state index in [0.717, 1.165) is 16.7 Å². The van der Waals surface area contributed by atoms with Crippen LogP contribution in [-0.2, 0) is 19.9 Å². The summed E-state index contributed by atoms with van der Waals surface area (Å²) in [5, 5.41) is 19.4. The Hall–Kier alpha value is -4.01. The molecule has 0 atom stereocenters. The van der Waals surface area contributed by atoms with Crippen LogP contribution in [0.15, 0.2) is 102 Å². The Balaban J connectivity index is 1.82. The van der Waals surface area contributed by atoms with Crippen molar-refractivity contribution in [1.29, 1.82) is 0 Å². The highest BCUT2D eigenvalue weighted by Crippen LogP contribution is 2.40. The van der Waals surface area contributed by atoms with E-state index in [2.05, 4.69) is 51.9 Å². The molecule has 0 bridgehead atoms. The van der Waals surface area contributed by atoms with E-state index < -0.39 is 17.3 Å². The standard InChI is InChI=1S/C28H27N3O4S/c1-27(2,34-3)35-31-24(25(32)33)23-19-36-26(29-23)30-28(20-13-7-4-8-14-20,21-15-9-5-10-16-21)22-17-11-6-12-18-22/h4-19H,1-3H3,(H,29,30)(H,32,33)/b31-24-. The highest BCUT2D eigenvalue weighted by atomic mass is 32.1. The summed E-state index contributed by atoms with van der Waals surface area (Å²) in [4.78, 5) is 21.9. The van der Waals surface area contributed by atoms with Crippen molar-refractivity contribution < 1.29 is 19.5 Å². The molecule has 0 radical (unpaired) electrons. The lowest BCUT2D eigenvalue weighted by atomic mass is 9.77. The maximum absolute atomic E-state index is 12.0. The third-order valence-corrected chi connectivity index (χ3v) is 6.47. The van der Waals surface area contributed by atoms with Crippen molar-refractivity contribution in [3.8, 4) is 0 Å². The smallest absolute Gasteiger partial charge is 0.360 e. The van der Waals surface area contributed by atoms with Crippen LogP contribution >= 0.6 is 11.3 Å². The molecule has 0 aliphatic carbocycles. The maximum atomic E-state index is 12.0. The number of nitrogens with one attached hydrogen (secondary N) is 1. The van der Waals surface area contributed by atoms with Crippen LogP contribution in [0.5, 0.6) is 0 Å². The first-order valence-electron chi connectivity index (χ1n) is 11.3. The van der Waals surface area contributed by atoms with Crippen molar-refractivity contribution in [2.24, 2.45) is 5.16 Å². The van der Waals surface area contributed by atoms with Crippen molar-refractivity contribution in [3.63, 3.8) is 0 Å². The van der Waals surface area contributed by atoms with Gasteiger partial charge in [-0.2, -0.15) is 0 Å². The molecule has 4 aromatic rings. The number of aromatic nitrogens is 1. The van der Waals surface area contributed by atoms with Gasteiger partial charge in [-0.15, -0.1) is 11.3 Å². The lowest BCUT2D eigenvalue weighted by Gasteiger charge is -2.36. The first-order chi connectivity index (χ1) is 17.4. The fraction of sp³-hybridized carbons (Fsp3) is 0.179. The van der Waals surface area contributed by atoms with E-state index in [0.29, 0.717) is 5.13 Å². The van der Waals surface area contributed by atoms with Gasteiger partial charge in [0.1, 0.15) is 11.2 Å². The minimum Gasteiger partial charge on any atom is -0.476 e. The molecule has 3 aromatic carbocycles. The molecular weight excluding hydrogens is 474 g/mol. The van der Waals surface area contributed by atoms with Gasteiger partial charge in [0.25, 0.3) is 0 Å². The van der Waals surface area contributed by atoms with Gasteiger partial charge in [0.05, 0.1) is 0 Å². The molecule has 0 aliphatic rings. The number of rotatable bonds is 10. The number of anilines is 1. The Kier molecular flexibility index (Phi) is 7.47. The average Bonchev–Trinajstić information content (AvgIpc) is 3.36. The van der Waals surface area contributed by atoms with Crippen LogP contribution in [-0.4, -0.2) is 34.7 Å². The number of carboxylic acids is 1. The number of nitrogens with zero attached hydrogens (tertiary/aromatic N) is 2. The van der Waals surface area contributed by atoms with Crippen molar-refractivity contribution in [1.82, 2.24) is 4.98 Å². The Morgan fingerprint density at radius 1 is 0.889 bits per heavy atom. The highest BCUT2D eigenvalue weighted by molar-refractivity contribution is 7.14. The minimum absolute atomic E-state index is 0.185. The molecule has 184 valence electrons. The zero-order valence-corrected chi connectivity index (χ0v) is 21.0. The molecule has 0 saturated carbocycles. The molecule has 0 unspecified atom stereocenters. The number of aliphatic carboxylic acids is 1. The van der Waals surface area contributed by atoms with Gasteiger partial charge in [-0.1, -0.05) is 96.2 Å². The molecular formula is C28H27N3O4S. The number of ether oxygens (including phenoxy) is 1. The molecule has 8 heteroatoms. The fourth-order valence-corrected chi connectivity index (χ4v) is 4.52. The van der Waals surface area contributed by atoms with Gasteiger partial charge in [0.15, 0.2) is 5.13 Å². The Labute approximate surface area is 214 Å². The molecule has 7 nitrogen and oxygen atoms in total. The van der Waals surface area contributed by atoms with E-state index >= 15 is 0 Å². The maximum Gasteiger partial charge on any atom is 0.360 e. The number of carboxylic acid groups (broad SMARTS) is 1. The van der Waals surface area contributed by atoms with Gasteiger partial charge >= 0.3 is 5.97 Å². The van der Waals surface area contributed by atoms with Crippen LogP contribution in [0.1, 0.15) is 36.2 Å². The van der Waals surface area contributed by atoms with Gasteiger partial charge in [-0.05, 0) is 16.7 Å². The van der Waals surface area contributed by atoms with Crippen LogP contribution in [0.4, 0.5) is 5.13 Å². The lowest BCUT2D eigenvalue weighted by molar-refractivity contribution is -0.197. The van der Waals surface area contributed by atoms with Crippen LogP contribution < -0.4 is 5.32 Å². The summed E-state index contributed by atoms with van der Waals surface area (Å²) in [5.41, 5.74) is 2.12. The van der Waals surface area contributed by atoms with E-state index in [4.69, 9.17) is 9.57 Å². The Bertz CT molecular complexity index is 1230. The third-order valence-electron chi connectivity index (χ3n) is 5.71. The van der Waals surface area contributed by atoms with Gasteiger partial charge in [0.2, 0.25) is 11.5 Å². The number of thiazole rings is 1. The van der Waals surface area contributed by atoms with Crippen LogP contribution in [0.2, 0.25) is 0 Å². The average molecular weight is 502 g/mol. The van der Waals surface area contributed by atoms with Crippen molar-refractivity contribution >= 4 is 28.1 Å². The second kappa shape index (κ2) is 10.7. The van der Waals surface area contributed by atoms with E-state index in [1.165, 1.54) is 18.4 Å². The topological polar surface area (TPSA) is 93.0 Å².